The molecule has 3 rings (SSSR count). The van der Waals surface area contributed by atoms with Crippen molar-refractivity contribution in [3.8, 4) is 0 Å². The van der Waals surface area contributed by atoms with Gasteiger partial charge in [0.2, 0.25) is 0 Å². The van der Waals surface area contributed by atoms with E-state index in [1.165, 1.54) is 12.8 Å². The Labute approximate surface area is 187 Å². The van der Waals surface area contributed by atoms with Crippen LogP contribution in [0.15, 0.2) is 41.5 Å². The molecule has 1 aliphatic rings. The zero-order valence-electron chi connectivity index (χ0n) is 15.2. The fourth-order valence-corrected chi connectivity index (χ4v) is 3.38. The summed E-state index contributed by atoms with van der Waals surface area (Å²) in [4.78, 5) is 11.1. The van der Waals surface area contributed by atoms with E-state index in [1.54, 1.807) is 13.1 Å². The van der Waals surface area contributed by atoms with Gasteiger partial charge in [-0.1, -0.05) is 35.3 Å². The molecule has 0 aliphatic carbocycles. The van der Waals surface area contributed by atoms with Crippen molar-refractivity contribution in [2.45, 2.75) is 25.9 Å². The number of benzene rings is 1. The van der Waals surface area contributed by atoms with E-state index in [0.717, 1.165) is 30.0 Å². The lowest BCUT2D eigenvalue weighted by Crippen LogP contribution is -2.36. The maximum atomic E-state index is 6.20. The smallest absolute Gasteiger partial charge is 0.191 e. The molecule has 0 saturated carbocycles. The highest BCUT2D eigenvalue weighted by Crippen LogP contribution is 2.20. The largest absolute Gasteiger partial charge is 0.357 e. The molecular weight excluding hydrogens is 496 g/mol. The fourth-order valence-electron chi connectivity index (χ4n) is 2.90. The standard InChI is InChI=1S/C19H23Cl2N5.HI/c1-22-19(25-13-15-5-6-16(20)10-17(15)21)24-12-14-4-7-18(23-11-14)26-8-2-3-9-26;/h4-7,10-11H,2-3,8-9,12-13H2,1H3,(H2,22,24,25);1H. The molecular formula is C19H24Cl2IN5. The average molecular weight is 520 g/mol. The van der Waals surface area contributed by atoms with Crippen LogP contribution in [0, 0.1) is 0 Å². The van der Waals surface area contributed by atoms with Crippen molar-refractivity contribution in [1.29, 1.82) is 0 Å². The summed E-state index contributed by atoms with van der Waals surface area (Å²) in [6.07, 6.45) is 4.43. The highest BCUT2D eigenvalue weighted by atomic mass is 127. The third-order valence-corrected chi connectivity index (χ3v) is 4.97. The molecule has 8 heteroatoms. The van der Waals surface area contributed by atoms with E-state index in [2.05, 4.69) is 37.6 Å². The monoisotopic (exact) mass is 519 g/mol. The van der Waals surface area contributed by atoms with Crippen molar-refractivity contribution >= 4 is 59.0 Å². The lowest BCUT2D eigenvalue weighted by Gasteiger charge is -2.17. The first-order valence-electron chi connectivity index (χ1n) is 8.74. The Kier molecular flexibility index (Phi) is 8.92. The molecule has 0 unspecified atom stereocenters. The highest BCUT2D eigenvalue weighted by Gasteiger charge is 2.13. The Hall–Kier alpha value is -1.25. The van der Waals surface area contributed by atoms with Gasteiger partial charge in [-0.05, 0) is 42.2 Å². The molecule has 1 aliphatic heterocycles. The topological polar surface area (TPSA) is 52.6 Å². The summed E-state index contributed by atoms with van der Waals surface area (Å²) in [6.45, 7) is 3.44. The van der Waals surface area contributed by atoms with Gasteiger partial charge in [-0.2, -0.15) is 0 Å². The van der Waals surface area contributed by atoms with Crippen molar-refractivity contribution < 1.29 is 0 Å². The lowest BCUT2D eigenvalue weighted by atomic mass is 10.2. The minimum absolute atomic E-state index is 0. The van der Waals surface area contributed by atoms with Gasteiger partial charge in [-0.3, -0.25) is 4.99 Å². The van der Waals surface area contributed by atoms with E-state index < -0.39 is 0 Å². The van der Waals surface area contributed by atoms with Gasteiger partial charge < -0.3 is 15.5 Å². The van der Waals surface area contributed by atoms with E-state index in [9.17, 15) is 0 Å². The number of anilines is 1. The lowest BCUT2D eigenvalue weighted by molar-refractivity contribution is 0.806. The molecule has 0 amide bonds. The van der Waals surface area contributed by atoms with Gasteiger partial charge in [0.05, 0.1) is 0 Å². The van der Waals surface area contributed by atoms with Crippen LogP contribution in [0.25, 0.3) is 0 Å². The van der Waals surface area contributed by atoms with Crippen molar-refractivity contribution in [1.82, 2.24) is 15.6 Å². The molecule has 2 heterocycles. The summed E-state index contributed by atoms with van der Waals surface area (Å²) in [5.41, 5.74) is 2.08. The van der Waals surface area contributed by atoms with Crippen molar-refractivity contribution in [2.24, 2.45) is 4.99 Å². The number of hydrogen-bond donors (Lipinski definition) is 2. The average Bonchev–Trinajstić information content (AvgIpc) is 3.18. The number of halogens is 3. The van der Waals surface area contributed by atoms with Crippen LogP contribution in [0.5, 0.6) is 0 Å². The van der Waals surface area contributed by atoms with Gasteiger partial charge in [0, 0.05) is 49.5 Å². The number of guanidine groups is 1. The molecule has 0 spiro atoms. The molecule has 5 nitrogen and oxygen atoms in total. The van der Waals surface area contributed by atoms with E-state index >= 15 is 0 Å². The van der Waals surface area contributed by atoms with Gasteiger partial charge in [-0.25, -0.2) is 4.98 Å². The molecule has 2 aromatic rings. The number of hydrogen-bond acceptors (Lipinski definition) is 3. The normalized spacial score (nSPS) is 14.0. The van der Waals surface area contributed by atoms with Gasteiger partial charge in [0.25, 0.3) is 0 Å². The summed E-state index contributed by atoms with van der Waals surface area (Å²) >= 11 is 12.1. The summed E-state index contributed by atoms with van der Waals surface area (Å²) in [7, 11) is 1.74. The van der Waals surface area contributed by atoms with Gasteiger partial charge in [0.15, 0.2) is 5.96 Å². The Morgan fingerprint density at radius 1 is 1.11 bits per heavy atom. The van der Waals surface area contributed by atoms with E-state index in [0.29, 0.717) is 29.1 Å². The van der Waals surface area contributed by atoms with Crippen molar-refractivity contribution in [3.05, 3.63) is 57.7 Å². The predicted molar refractivity (Wildman–Crippen MR) is 125 cm³/mol. The fraction of sp³-hybridized carbons (Fsp3) is 0.368. The maximum Gasteiger partial charge on any atom is 0.191 e. The van der Waals surface area contributed by atoms with Crippen LogP contribution in [-0.4, -0.2) is 31.1 Å². The summed E-state index contributed by atoms with van der Waals surface area (Å²) in [5.74, 6) is 1.77. The SMILES string of the molecule is CN=C(NCc1ccc(N2CCCC2)nc1)NCc1ccc(Cl)cc1Cl.I. The third kappa shape index (κ3) is 6.40. The number of aliphatic imine (C=N–C) groups is 1. The Morgan fingerprint density at radius 2 is 1.85 bits per heavy atom. The Balaban J connectivity index is 0.00000261. The summed E-state index contributed by atoms with van der Waals surface area (Å²) in [6, 6.07) is 9.67. The van der Waals surface area contributed by atoms with E-state index in [1.807, 2.05) is 18.3 Å². The van der Waals surface area contributed by atoms with Crippen LogP contribution in [0.1, 0.15) is 24.0 Å². The van der Waals surface area contributed by atoms with Crippen LogP contribution in [-0.2, 0) is 13.1 Å². The van der Waals surface area contributed by atoms with Crippen LogP contribution in [0.2, 0.25) is 10.0 Å². The molecule has 0 bridgehead atoms. The minimum atomic E-state index is 0. The molecule has 2 N–H and O–H groups in total. The first-order chi connectivity index (χ1) is 12.7. The second-order valence-electron chi connectivity index (χ2n) is 6.23. The predicted octanol–water partition coefficient (Wildman–Crippen LogP) is 4.47. The van der Waals surface area contributed by atoms with Gasteiger partial charge in [-0.15, -0.1) is 24.0 Å². The van der Waals surface area contributed by atoms with Crippen LogP contribution < -0.4 is 15.5 Å². The number of rotatable bonds is 5. The molecule has 0 atom stereocenters. The van der Waals surface area contributed by atoms with Crippen molar-refractivity contribution in [3.63, 3.8) is 0 Å². The zero-order chi connectivity index (χ0) is 18.4. The second kappa shape index (κ2) is 10.9. The molecule has 146 valence electrons. The van der Waals surface area contributed by atoms with Crippen LogP contribution in [0.4, 0.5) is 5.82 Å². The quantitative estimate of drug-likeness (QED) is 0.347. The number of nitrogens with one attached hydrogen (secondary N) is 2. The van der Waals surface area contributed by atoms with Gasteiger partial charge >= 0.3 is 0 Å². The molecule has 0 radical (unpaired) electrons. The number of pyridine rings is 1. The Morgan fingerprint density at radius 3 is 2.48 bits per heavy atom. The van der Waals surface area contributed by atoms with Crippen LogP contribution >= 0.6 is 47.2 Å². The molecule has 1 fully saturated rings. The zero-order valence-corrected chi connectivity index (χ0v) is 19.1. The maximum absolute atomic E-state index is 6.20. The number of nitrogens with zero attached hydrogens (tertiary/aromatic N) is 3. The van der Waals surface area contributed by atoms with E-state index in [4.69, 9.17) is 23.2 Å². The van der Waals surface area contributed by atoms with Gasteiger partial charge in [0.1, 0.15) is 5.82 Å². The Bertz CT molecular complexity index is 761. The second-order valence-corrected chi connectivity index (χ2v) is 7.08. The third-order valence-electron chi connectivity index (χ3n) is 4.38. The molecule has 1 aromatic heterocycles. The minimum Gasteiger partial charge on any atom is -0.357 e. The number of aromatic nitrogens is 1. The first kappa shape index (κ1) is 22.0. The molecule has 27 heavy (non-hydrogen) atoms. The first-order valence-corrected chi connectivity index (χ1v) is 9.49. The van der Waals surface area contributed by atoms with E-state index in [-0.39, 0.29) is 24.0 Å². The molecule has 1 saturated heterocycles. The summed E-state index contributed by atoms with van der Waals surface area (Å²) in [5, 5.41) is 7.82. The molecule has 1 aromatic carbocycles. The van der Waals surface area contributed by atoms with Crippen molar-refractivity contribution in [2.75, 3.05) is 25.0 Å². The highest BCUT2D eigenvalue weighted by molar-refractivity contribution is 14.0. The summed E-state index contributed by atoms with van der Waals surface area (Å²) < 4.78 is 0. The van der Waals surface area contributed by atoms with Crippen LogP contribution in [0.3, 0.4) is 0 Å².